The standard InChI is InChI=1S/C58H36N2OS/c1-2-11-42(12-3-1)60-53-35-41(23-30-47(53)51-31-22-39-10-4-5-13-46(39)58(51)60)38-20-27-44(28-21-38)59(45-29-32-50-49-15-7-9-17-56(49)62-57(50)36-45)43-25-18-37(19-26-43)40-24-33-55-52(34-40)48-14-6-8-16-54(48)61-55/h1-36H. The first-order valence-electron chi connectivity index (χ1n) is 21.1. The summed E-state index contributed by atoms with van der Waals surface area (Å²) in [7, 11) is 0. The number of benzene rings is 10. The van der Waals surface area contributed by atoms with E-state index in [0.717, 1.165) is 55.8 Å². The Kier molecular flexibility index (Phi) is 7.78. The number of para-hydroxylation sites is 2. The van der Waals surface area contributed by atoms with Crippen LogP contribution in [0.1, 0.15) is 0 Å². The largest absolute Gasteiger partial charge is 0.456 e. The highest BCUT2D eigenvalue weighted by Gasteiger charge is 2.18. The number of thiophene rings is 1. The zero-order chi connectivity index (χ0) is 40.7. The van der Waals surface area contributed by atoms with Crippen LogP contribution in [0.5, 0.6) is 0 Å². The van der Waals surface area contributed by atoms with Gasteiger partial charge < -0.3 is 13.9 Å². The van der Waals surface area contributed by atoms with Crippen molar-refractivity contribution < 1.29 is 4.42 Å². The predicted molar refractivity (Wildman–Crippen MR) is 264 cm³/mol. The number of nitrogens with zero attached hydrogens (tertiary/aromatic N) is 2. The number of rotatable bonds is 6. The van der Waals surface area contributed by atoms with Crippen LogP contribution in [-0.2, 0) is 0 Å². The molecule has 290 valence electrons. The van der Waals surface area contributed by atoms with Gasteiger partial charge in [0.15, 0.2) is 0 Å². The molecule has 13 rings (SSSR count). The van der Waals surface area contributed by atoms with Crippen LogP contribution in [0.4, 0.5) is 17.1 Å². The molecule has 0 atom stereocenters. The van der Waals surface area contributed by atoms with Crippen LogP contribution in [0.15, 0.2) is 223 Å². The van der Waals surface area contributed by atoms with Crippen molar-refractivity contribution in [2.24, 2.45) is 0 Å². The molecule has 0 saturated carbocycles. The normalized spacial score (nSPS) is 11.9. The van der Waals surface area contributed by atoms with Crippen LogP contribution in [-0.4, -0.2) is 4.57 Å². The Hall–Kier alpha value is -7.92. The van der Waals surface area contributed by atoms with Gasteiger partial charge in [-0.2, -0.15) is 0 Å². The van der Waals surface area contributed by atoms with Crippen LogP contribution in [0.2, 0.25) is 0 Å². The minimum Gasteiger partial charge on any atom is -0.456 e. The minimum atomic E-state index is 0.907. The zero-order valence-corrected chi connectivity index (χ0v) is 34.3. The van der Waals surface area contributed by atoms with E-state index in [1.54, 1.807) is 0 Å². The number of fused-ring (bicyclic) bond motifs is 11. The summed E-state index contributed by atoms with van der Waals surface area (Å²) in [4.78, 5) is 2.38. The van der Waals surface area contributed by atoms with Crippen LogP contribution in [0.3, 0.4) is 0 Å². The molecule has 62 heavy (non-hydrogen) atoms. The predicted octanol–water partition coefficient (Wildman–Crippen LogP) is 17.0. The Morgan fingerprint density at radius 2 is 0.935 bits per heavy atom. The van der Waals surface area contributed by atoms with Crippen molar-refractivity contribution in [3.63, 3.8) is 0 Å². The molecule has 0 fully saturated rings. The van der Waals surface area contributed by atoms with Gasteiger partial charge in [-0.1, -0.05) is 140 Å². The molecule has 4 heteroatoms. The average molecular weight is 809 g/mol. The summed E-state index contributed by atoms with van der Waals surface area (Å²) in [5, 5.41) is 9.87. The Labute approximate surface area is 361 Å². The Morgan fingerprint density at radius 3 is 1.74 bits per heavy atom. The Balaban J connectivity index is 0.923. The average Bonchev–Trinajstić information content (AvgIpc) is 4.01. The summed E-state index contributed by atoms with van der Waals surface area (Å²) < 4.78 is 11.2. The van der Waals surface area contributed by atoms with Gasteiger partial charge in [0, 0.05) is 69.9 Å². The van der Waals surface area contributed by atoms with Crippen molar-refractivity contribution >= 4 is 103 Å². The fourth-order valence-corrected chi connectivity index (χ4v) is 10.8. The lowest BCUT2D eigenvalue weighted by molar-refractivity contribution is 0.669. The monoisotopic (exact) mass is 808 g/mol. The van der Waals surface area contributed by atoms with E-state index in [1.807, 2.05) is 23.5 Å². The molecule has 0 radical (unpaired) electrons. The van der Waals surface area contributed by atoms with Gasteiger partial charge in [0.1, 0.15) is 11.2 Å². The van der Waals surface area contributed by atoms with Crippen LogP contribution in [0, 0.1) is 0 Å². The van der Waals surface area contributed by atoms with Crippen molar-refractivity contribution in [3.8, 4) is 27.9 Å². The maximum absolute atomic E-state index is 6.14. The lowest BCUT2D eigenvalue weighted by Crippen LogP contribution is -2.09. The van der Waals surface area contributed by atoms with Gasteiger partial charge in [-0.15, -0.1) is 11.3 Å². The van der Waals surface area contributed by atoms with Gasteiger partial charge in [-0.3, -0.25) is 0 Å². The van der Waals surface area contributed by atoms with E-state index < -0.39 is 0 Å². The van der Waals surface area contributed by atoms with Gasteiger partial charge in [0.05, 0.1) is 11.0 Å². The zero-order valence-electron chi connectivity index (χ0n) is 33.5. The smallest absolute Gasteiger partial charge is 0.135 e. The van der Waals surface area contributed by atoms with Crippen molar-refractivity contribution in [2.45, 2.75) is 0 Å². The molecular formula is C58H36N2OS. The topological polar surface area (TPSA) is 21.3 Å². The van der Waals surface area contributed by atoms with E-state index >= 15 is 0 Å². The van der Waals surface area contributed by atoms with Crippen LogP contribution < -0.4 is 4.90 Å². The molecule has 0 N–H and O–H groups in total. The first-order chi connectivity index (χ1) is 30.7. The summed E-state index contributed by atoms with van der Waals surface area (Å²) in [6.07, 6.45) is 0. The van der Waals surface area contributed by atoms with Gasteiger partial charge in [0.25, 0.3) is 0 Å². The second kappa shape index (κ2) is 13.8. The maximum atomic E-state index is 6.14. The molecule has 10 aromatic carbocycles. The number of hydrogen-bond donors (Lipinski definition) is 0. The SMILES string of the molecule is c1ccc(-n2c3cc(-c4ccc(N(c5ccc(-c6ccc7oc8ccccc8c7c6)cc5)c5ccc6c(c5)sc5ccccc56)cc4)ccc3c3ccc4ccccc4c32)cc1. The van der Waals surface area contributed by atoms with Gasteiger partial charge >= 0.3 is 0 Å². The van der Waals surface area contributed by atoms with Crippen molar-refractivity contribution in [1.82, 2.24) is 4.57 Å². The first kappa shape index (κ1) is 34.9. The second-order valence-corrected chi connectivity index (χ2v) is 17.2. The van der Waals surface area contributed by atoms with E-state index in [-0.39, 0.29) is 0 Å². The maximum Gasteiger partial charge on any atom is 0.135 e. The van der Waals surface area contributed by atoms with Gasteiger partial charge in [-0.05, 0) is 107 Å². The van der Waals surface area contributed by atoms with Crippen molar-refractivity contribution in [3.05, 3.63) is 218 Å². The molecule has 0 spiro atoms. The van der Waals surface area contributed by atoms with Crippen molar-refractivity contribution in [1.29, 1.82) is 0 Å². The fourth-order valence-electron chi connectivity index (χ4n) is 9.62. The molecule has 3 heterocycles. The molecule has 0 saturated heterocycles. The molecule has 0 aliphatic carbocycles. The second-order valence-electron chi connectivity index (χ2n) is 16.1. The van der Waals surface area contributed by atoms with Gasteiger partial charge in [-0.25, -0.2) is 0 Å². The number of anilines is 3. The summed E-state index contributed by atoms with van der Waals surface area (Å²) in [6, 6.07) is 79.3. The van der Waals surface area contributed by atoms with E-state index in [4.69, 9.17) is 4.42 Å². The summed E-state index contributed by atoms with van der Waals surface area (Å²) in [6.45, 7) is 0. The highest BCUT2D eigenvalue weighted by molar-refractivity contribution is 7.25. The quantitative estimate of drug-likeness (QED) is 0.167. The third-order valence-electron chi connectivity index (χ3n) is 12.6. The molecule has 0 unspecified atom stereocenters. The van der Waals surface area contributed by atoms with Gasteiger partial charge in [0.2, 0.25) is 0 Å². The minimum absolute atomic E-state index is 0.907. The highest BCUT2D eigenvalue weighted by Crippen LogP contribution is 2.43. The summed E-state index contributed by atoms with van der Waals surface area (Å²) >= 11 is 1.85. The fraction of sp³-hybridized carbons (Fsp3) is 0. The molecule has 0 aliphatic rings. The molecular weight excluding hydrogens is 773 g/mol. The number of furan rings is 1. The number of hydrogen-bond acceptors (Lipinski definition) is 3. The molecule has 0 aliphatic heterocycles. The van der Waals surface area contributed by atoms with E-state index in [2.05, 4.69) is 216 Å². The van der Waals surface area contributed by atoms with E-state index in [0.29, 0.717) is 0 Å². The first-order valence-corrected chi connectivity index (χ1v) is 21.9. The molecule has 13 aromatic rings. The highest BCUT2D eigenvalue weighted by atomic mass is 32.1. The lowest BCUT2D eigenvalue weighted by Gasteiger charge is -2.26. The van der Waals surface area contributed by atoms with Crippen LogP contribution in [0.25, 0.3) is 103 Å². The molecule has 0 bridgehead atoms. The van der Waals surface area contributed by atoms with E-state index in [9.17, 15) is 0 Å². The molecule has 3 aromatic heterocycles. The summed E-state index contributed by atoms with van der Waals surface area (Å²) in [5.74, 6) is 0. The summed E-state index contributed by atoms with van der Waals surface area (Å²) in [5.41, 5.74) is 13.4. The van der Waals surface area contributed by atoms with E-state index in [1.165, 1.54) is 63.9 Å². The lowest BCUT2D eigenvalue weighted by atomic mass is 10.0. The third-order valence-corrected chi connectivity index (χ3v) is 13.7. The Bertz CT molecular complexity index is 3860. The van der Waals surface area contributed by atoms with Crippen molar-refractivity contribution in [2.75, 3.05) is 4.90 Å². The molecule has 3 nitrogen and oxygen atoms in total. The molecule has 0 amide bonds. The Morgan fingerprint density at radius 1 is 0.355 bits per heavy atom. The van der Waals surface area contributed by atoms with Crippen LogP contribution >= 0.6 is 11.3 Å². The number of aromatic nitrogens is 1. The third kappa shape index (κ3) is 5.51.